The first-order valence-corrected chi connectivity index (χ1v) is 8.44. The highest BCUT2D eigenvalue weighted by molar-refractivity contribution is 8.03. The van der Waals surface area contributed by atoms with Crippen LogP contribution >= 0.6 is 11.8 Å². The quantitative estimate of drug-likeness (QED) is 0.832. The van der Waals surface area contributed by atoms with Crippen LogP contribution in [0.2, 0.25) is 0 Å². The van der Waals surface area contributed by atoms with Gasteiger partial charge in [-0.05, 0) is 23.1 Å². The Morgan fingerprint density at radius 2 is 1.87 bits per heavy atom. The van der Waals surface area contributed by atoms with E-state index in [1.807, 2.05) is 24.3 Å². The molecule has 0 atom stereocenters. The molecule has 0 saturated heterocycles. The van der Waals surface area contributed by atoms with Gasteiger partial charge in [-0.2, -0.15) is 0 Å². The molecule has 0 N–H and O–H groups in total. The third-order valence-corrected chi connectivity index (χ3v) is 4.65. The molecule has 0 aliphatic carbocycles. The van der Waals surface area contributed by atoms with Crippen molar-refractivity contribution in [2.75, 3.05) is 19.6 Å². The Kier molecular flexibility index (Phi) is 3.71. The van der Waals surface area contributed by atoms with Crippen molar-refractivity contribution in [2.45, 2.75) is 0 Å². The number of hydrogen-bond acceptors (Lipinski definition) is 4. The van der Waals surface area contributed by atoms with E-state index in [2.05, 4.69) is 41.6 Å². The van der Waals surface area contributed by atoms with Crippen molar-refractivity contribution in [2.24, 2.45) is 4.99 Å². The molecule has 0 radical (unpaired) electrons. The van der Waals surface area contributed by atoms with E-state index >= 15 is 0 Å². The van der Waals surface area contributed by atoms with Crippen LogP contribution in [0, 0.1) is 0 Å². The molecule has 4 nitrogen and oxygen atoms in total. The van der Waals surface area contributed by atoms with Crippen molar-refractivity contribution in [1.29, 1.82) is 0 Å². The van der Waals surface area contributed by atoms with Crippen LogP contribution in [0.5, 0.6) is 11.5 Å². The zero-order valence-corrected chi connectivity index (χ0v) is 13.5. The molecule has 0 aromatic heterocycles. The summed E-state index contributed by atoms with van der Waals surface area (Å²) in [6.45, 7) is 0.284. The minimum Gasteiger partial charge on any atom is -0.454 e. The summed E-state index contributed by atoms with van der Waals surface area (Å²) < 4.78 is 10.8. The fraction of sp³-hybridized carbons (Fsp3) is 0.167. The first kappa shape index (κ1) is 14.2. The van der Waals surface area contributed by atoms with E-state index in [0.29, 0.717) is 0 Å². The van der Waals surface area contributed by atoms with E-state index < -0.39 is 0 Å². The summed E-state index contributed by atoms with van der Waals surface area (Å²) in [7, 11) is 2.06. The first-order chi connectivity index (χ1) is 11.3. The van der Waals surface area contributed by atoms with Gasteiger partial charge in [-0.1, -0.05) is 30.3 Å². The lowest BCUT2D eigenvalue weighted by atomic mass is 10.1. The second-order valence-corrected chi connectivity index (χ2v) is 6.16. The van der Waals surface area contributed by atoms with Crippen LogP contribution in [0.15, 0.2) is 58.9 Å². The molecule has 0 bridgehead atoms. The van der Waals surface area contributed by atoms with E-state index in [4.69, 9.17) is 14.5 Å². The molecule has 2 aromatic carbocycles. The summed E-state index contributed by atoms with van der Waals surface area (Å²) in [5.41, 5.74) is 3.24. The lowest BCUT2D eigenvalue weighted by molar-refractivity contribution is 0.174. The number of hydrogen-bond donors (Lipinski definition) is 0. The standard InChI is InChI=1S/C18H16N2O2S/c1-20-15(13-5-3-2-4-6-13)10-23-11-18(20)19-14-7-8-16-17(9-14)22-12-21-16/h2-10H,11-12H2,1H3. The number of aliphatic imine (C=N–C) groups is 1. The molecule has 23 heavy (non-hydrogen) atoms. The van der Waals surface area contributed by atoms with Gasteiger partial charge in [0.15, 0.2) is 11.5 Å². The maximum atomic E-state index is 5.42. The molecule has 0 unspecified atom stereocenters. The van der Waals surface area contributed by atoms with E-state index in [-0.39, 0.29) is 6.79 Å². The van der Waals surface area contributed by atoms with Crippen LogP contribution in [0.25, 0.3) is 5.70 Å². The van der Waals surface area contributed by atoms with Crippen molar-refractivity contribution in [3.05, 3.63) is 59.5 Å². The number of ether oxygens (including phenoxy) is 2. The van der Waals surface area contributed by atoms with Gasteiger partial charge in [0, 0.05) is 13.1 Å². The molecule has 2 aliphatic heterocycles. The SMILES string of the molecule is CN1C(c2ccccc2)=CSCC1=Nc1ccc2c(c1)OCO2. The highest BCUT2D eigenvalue weighted by Gasteiger charge is 2.19. The summed E-state index contributed by atoms with van der Waals surface area (Å²) >= 11 is 1.76. The minimum atomic E-state index is 0.284. The second-order valence-electron chi connectivity index (χ2n) is 5.30. The van der Waals surface area contributed by atoms with Crippen LogP contribution in [-0.2, 0) is 0 Å². The molecule has 2 aliphatic rings. The van der Waals surface area contributed by atoms with Crippen molar-refractivity contribution < 1.29 is 9.47 Å². The van der Waals surface area contributed by atoms with Crippen molar-refractivity contribution in [1.82, 2.24) is 4.90 Å². The lowest BCUT2D eigenvalue weighted by Gasteiger charge is -2.28. The van der Waals surface area contributed by atoms with Crippen LogP contribution in [0.3, 0.4) is 0 Å². The topological polar surface area (TPSA) is 34.1 Å². The van der Waals surface area contributed by atoms with Crippen molar-refractivity contribution >= 4 is 29.0 Å². The lowest BCUT2D eigenvalue weighted by Crippen LogP contribution is -2.29. The number of fused-ring (bicyclic) bond motifs is 1. The average molecular weight is 324 g/mol. The van der Waals surface area contributed by atoms with Gasteiger partial charge in [-0.3, -0.25) is 0 Å². The zero-order chi connectivity index (χ0) is 15.6. The Balaban J connectivity index is 1.63. The zero-order valence-electron chi connectivity index (χ0n) is 12.7. The van der Waals surface area contributed by atoms with Crippen molar-refractivity contribution in [3.8, 4) is 11.5 Å². The first-order valence-electron chi connectivity index (χ1n) is 7.39. The van der Waals surface area contributed by atoms with E-state index in [9.17, 15) is 0 Å². The Morgan fingerprint density at radius 1 is 1.04 bits per heavy atom. The third kappa shape index (κ3) is 2.80. The van der Waals surface area contributed by atoms with Crippen LogP contribution in [0.4, 0.5) is 5.69 Å². The van der Waals surface area contributed by atoms with Gasteiger partial charge in [-0.25, -0.2) is 4.99 Å². The molecule has 2 heterocycles. The van der Waals surface area contributed by atoms with Crippen LogP contribution < -0.4 is 9.47 Å². The molecular weight excluding hydrogens is 308 g/mol. The molecule has 116 valence electrons. The number of nitrogens with zero attached hydrogens (tertiary/aromatic N) is 2. The fourth-order valence-electron chi connectivity index (χ4n) is 2.59. The Morgan fingerprint density at radius 3 is 2.74 bits per heavy atom. The van der Waals surface area contributed by atoms with Gasteiger partial charge >= 0.3 is 0 Å². The van der Waals surface area contributed by atoms with E-state index in [0.717, 1.165) is 28.8 Å². The smallest absolute Gasteiger partial charge is 0.231 e. The van der Waals surface area contributed by atoms with Crippen LogP contribution in [0.1, 0.15) is 5.56 Å². The number of thioether (sulfide) groups is 1. The second kappa shape index (κ2) is 6.01. The third-order valence-electron chi connectivity index (χ3n) is 3.84. The van der Waals surface area contributed by atoms with E-state index in [1.54, 1.807) is 11.8 Å². The van der Waals surface area contributed by atoms with Gasteiger partial charge in [-0.15, -0.1) is 11.8 Å². The summed E-state index contributed by atoms with van der Waals surface area (Å²) in [5.74, 6) is 3.42. The molecule has 0 amide bonds. The summed E-state index contributed by atoms with van der Waals surface area (Å²) in [5, 5.41) is 2.19. The number of rotatable bonds is 2. The average Bonchev–Trinajstić information content (AvgIpc) is 3.05. The molecule has 0 saturated carbocycles. The van der Waals surface area contributed by atoms with Gasteiger partial charge in [0.1, 0.15) is 5.84 Å². The molecule has 0 fully saturated rings. The predicted octanol–water partition coefficient (Wildman–Crippen LogP) is 4.12. The van der Waals surface area contributed by atoms with Gasteiger partial charge in [0.2, 0.25) is 6.79 Å². The maximum absolute atomic E-state index is 5.42. The predicted molar refractivity (Wildman–Crippen MR) is 94.3 cm³/mol. The summed E-state index contributed by atoms with van der Waals surface area (Å²) in [4.78, 5) is 6.95. The highest BCUT2D eigenvalue weighted by atomic mass is 32.2. The number of benzene rings is 2. The molecule has 5 heteroatoms. The van der Waals surface area contributed by atoms with Gasteiger partial charge in [0.25, 0.3) is 0 Å². The van der Waals surface area contributed by atoms with Crippen LogP contribution in [-0.4, -0.2) is 30.3 Å². The van der Waals surface area contributed by atoms with Crippen molar-refractivity contribution in [3.63, 3.8) is 0 Å². The maximum Gasteiger partial charge on any atom is 0.231 e. The summed E-state index contributed by atoms with van der Waals surface area (Å²) in [6.07, 6.45) is 0. The fourth-order valence-corrected chi connectivity index (χ4v) is 3.53. The monoisotopic (exact) mass is 324 g/mol. The summed E-state index contributed by atoms with van der Waals surface area (Å²) in [6, 6.07) is 16.2. The molecule has 2 aromatic rings. The Labute approximate surface area is 139 Å². The molecule has 4 rings (SSSR count). The largest absolute Gasteiger partial charge is 0.454 e. The minimum absolute atomic E-state index is 0.284. The van der Waals surface area contributed by atoms with Gasteiger partial charge in [0.05, 0.1) is 17.1 Å². The highest BCUT2D eigenvalue weighted by Crippen LogP contribution is 2.36. The molecule has 0 spiro atoms. The Hall–Kier alpha value is -2.40. The van der Waals surface area contributed by atoms with E-state index in [1.165, 1.54) is 11.3 Å². The Bertz CT molecular complexity index is 787. The van der Waals surface area contributed by atoms with Gasteiger partial charge < -0.3 is 14.4 Å². The normalized spacial score (nSPS) is 18.2. The molecular formula is C18H16N2O2S. The number of amidine groups is 1.